The monoisotopic (exact) mass is 308 g/mol. The molecule has 94 valence electrons. The Morgan fingerprint density at radius 1 is 1.33 bits per heavy atom. The van der Waals surface area contributed by atoms with Crippen LogP contribution in [0.2, 0.25) is 0 Å². The number of rotatable bonds is 3. The summed E-state index contributed by atoms with van der Waals surface area (Å²) in [6, 6.07) is 8.31. The highest BCUT2D eigenvalue weighted by Crippen LogP contribution is 2.26. The van der Waals surface area contributed by atoms with Gasteiger partial charge in [0.1, 0.15) is 0 Å². The van der Waals surface area contributed by atoms with E-state index in [0.29, 0.717) is 5.56 Å². The van der Waals surface area contributed by atoms with Crippen LogP contribution < -0.4 is 0 Å². The zero-order valence-electron chi connectivity index (χ0n) is 10.1. The molecule has 0 radical (unpaired) electrons. The summed E-state index contributed by atoms with van der Waals surface area (Å²) in [7, 11) is 0. The van der Waals surface area contributed by atoms with Gasteiger partial charge in [-0.25, -0.2) is 9.48 Å². The zero-order chi connectivity index (χ0) is 13.3. The summed E-state index contributed by atoms with van der Waals surface area (Å²) in [6.45, 7) is 3.69. The van der Waals surface area contributed by atoms with Gasteiger partial charge in [-0.1, -0.05) is 30.3 Å². The molecule has 0 aliphatic carbocycles. The van der Waals surface area contributed by atoms with Crippen LogP contribution in [0, 0.1) is 13.8 Å². The summed E-state index contributed by atoms with van der Waals surface area (Å²) < 4.78 is 2.39. The molecule has 1 heterocycles. The fourth-order valence-electron chi connectivity index (χ4n) is 1.92. The predicted molar refractivity (Wildman–Crippen MR) is 71.6 cm³/mol. The number of carbonyl (C=O) groups is 1. The van der Waals surface area contributed by atoms with Crippen molar-refractivity contribution < 1.29 is 9.90 Å². The van der Waals surface area contributed by atoms with Crippen molar-refractivity contribution in [3.05, 3.63) is 51.8 Å². The van der Waals surface area contributed by atoms with E-state index in [9.17, 15) is 9.90 Å². The third-order valence-electron chi connectivity index (χ3n) is 2.83. The van der Waals surface area contributed by atoms with Crippen molar-refractivity contribution in [2.24, 2.45) is 0 Å². The molecule has 0 fully saturated rings. The second-order valence-electron chi connectivity index (χ2n) is 4.08. The van der Waals surface area contributed by atoms with Crippen LogP contribution in [0.5, 0.6) is 0 Å². The molecule has 0 saturated carbocycles. The van der Waals surface area contributed by atoms with E-state index < -0.39 is 12.0 Å². The van der Waals surface area contributed by atoms with Gasteiger partial charge in [0, 0.05) is 0 Å². The molecule has 1 unspecified atom stereocenters. The first-order valence-electron chi connectivity index (χ1n) is 5.51. The van der Waals surface area contributed by atoms with Crippen molar-refractivity contribution in [2.45, 2.75) is 19.9 Å². The lowest BCUT2D eigenvalue weighted by atomic mass is 10.1. The Labute approximate surface area is 113 Å². The smallest absolute Gasteiger partial charge is 0.333 e. The van der Waals surface area contributed by atoms with Gasteiger partial charge >= 0.3 is 5.97 Å². The largest absolute Gasteiger partial charge is 0.479 e. The first-order chi connectivity index (χ1) is 8.52. The van der Waals surface area contributed by atoms with Gasteiger partial charge in [-0.15, -0.1) is 0 Å². The molecule has 1 aromatic carbocycles. The minimum Gasteiger partial charge on any atom is -0.479 e. The maximum atomic E-state index is 11.5. The van der Waals surface area contributed by atoms with Gasteiger partial charge in [0.2, 0.25) is 0 Å². The van der Waals surface area contributed by atoms with Crippen LogP contribution in [0.25, 0.3) is 0 Å². The zero-order valence-corrected chi connectivity index (χ0v) is 11.7. The highest BCUT2D eigenvalue weighted by atomic mass is 79.9. The predicted octanol–water partition coefficient (Wildman–Crippen LogP) is 2.94. The fourth-order valence-corrected chi connectivity index (χ4v) is 2.18. The third-order valence-corrected chi connectivity index (χ3v) is 3.98. The van der Waals surface area contributed by atoms with Crippen LogP contribution in [0.1, 0.15) is 23.0 Å². The van der Waals surface area contributed by atoms with Crippen LogP contribution in [0.3, 0.4) is 0 Å². The minimum absolute atomic E-state index is 0.711. The lowest BCUT2D eigenvalue weighted by molar-refractivity contribution is -0.139. The summed E-state index contributed by atoms with van der Waals surface area (Å²) in [4.78, 5) is 11.5. The van der Waals surface area contributed by atoms with Crippen LogP contribution in [0.15, 0.2) is 34.8 Å². The Kier molecular flexibility index (Phi) is 3.52. The lowest BCUT2D eigenvalue weighted by Crippen LogP contribution is -2.22. The molecular weight excluding hydrogens is 296 g/mol. The molecule has 2 aromatic rings. The van der Waals surface area contributed by atoms with Crippen molar-refractivity contribution in [3.8, 4) is 0 Å². The van der Waals surface area contributed by atoms with E-state index >= 15 is 0 Å². The normalized spacial score (nSPS) is 12.4. The van der Waals surface area contributed by atoms with E-state index in [0.717, 1.165) is 15.9 Å². The van der Waals surface area contributed by atoms with Crippen LogP contribution in [-0.2, 0) is 4.79 Å². The molecule has 18 heavy (non-hydrogen) atoms. The van der Waals surface area contributed by atoms with Gasteiger partial charge in [-0.05, 0) is 35.3 Å². The summed E-state index contributed by atoms with van der Waals surface area (Å²) in [6.07, 6.45) is 0. The Balaban J connectivity index is 2.56. The lowest BCUT2D eigenvalue weighted by Gasteiger charge is -2.15. The first kappa shape index (κ1) is 12.8. The summed E-state index contributed by atoms with van der Waals surface area (Å²) in [5.74, 6) is -0.917. The van der Waals surface area contributed by atoms with Crippen molar-refractivity contribution in [1.82, 2.24) is 9.78 Å². The van der Waals surface area contributed by atoms with Gasteiger partial charge in [0.15, 0.2) is 6.04 Å². The highest BCUT2D eigenvalue weighted by molar-refractivity contribution is 9.10. The summed E-state index contributed by atoms with van der Waals surface area (Å²) in [5, 5.41) is 13.7. The highest BCUT2D eigenvalue weighted by Gasteiger charge is 2.25. The molecule has 0 spiro atoms. The molecule has 0 bridgehead atoms. The number of benzene rings is 1. The molecule has 0 saturated heterocycles. The van der Waals surface area contributed by atoms with E-state index in [-0.39, 0.29) is 0 Å². The topological polar surface area (TPSA) is 55.1 Å². The molecule has 0 aliphatic heterocycles. The van der Waals surface area contributed by atoms with Gasteiger partial charge in [0.25, 0.3) is 0 Å². The summed E-state index contributed by atoms with van der Waals surface area (Å²) >= 11 is 3.41. The van der Waals surface area contributed by atoms with Gasteiger partial charge in [-0.3, -0.25) is 0 Å². The quantitative estimate of drug-likeness (QED) is 0.948. The average Bonchev–Trinajstić information content (AvgIpc) is 2.59. The number of aryl methyl sites for hydroxylation is 1. The van der Waals surface area contributed by atoms with Crippen molar-refractivity contribution in [1.29, 1.82) is 0 Å². The van der Waals surface area contributed by atoms with Crippen molar-refractivity contribution >= 4 is 21.9 Å². The number of hydrogen-bond donors (Lipinski definition) is 1. The molecule has 4 nitrogen and oxygen atoms in total. The second kappa shape index (κ2) is 4.94. The SMILES string of the molecule is Cc1nn(C(C(=O)O)c2ccccc2)c(C)c1Br. The number of aromatic nitrogens is 2. The van der Waals surface area contributed by atoms with E-state index in [1.165, 1.54) is 4.68 Å². The Bertz CT molecular complexity index is 578. The third kappa shape index (κ3) is 2.18. The van der Waals surface area contributed by atoms with Crippen LogP contribution >= 0.6 is 15.9 Å². The van der Waals surface area contributed by atoms with E-state index in [1.807, 2.05) is 32.0 Å². The van der Waals surface area contributed by atoms with Crippen LogP contribution in [0.4, 0.5) is 0 Å². The number of halogens is 1. The van der Waals surface area contributed by atoms with E-state index in [1.54, 1.807) is 12.1 Å². The number of carboxylic acid groups (broad SMARTS) is 1. The molecule has 1 atom stereocenters. The maximum Gasteiger partial charge on any atom is 0.333 e. The van der Waals surface area contributed by atoms with Crippen molar-refractivity contribution in [3.63, 3.8) is 0 Å². The van der Waals surface area contributed by atoms with Crippen LogP contribution in [-0.4, -0.2) is 20.9 Å². The molecule has 1 aromatic heterocycles. The number of aliphatic carboxylic acids is 1. The molecule has 0 amide bonds. The van der Waals surface area contributed by atoms with E-state index in [4.69, 9.17) is 0 Å². The van der Waals surface area contributed by atoms with Gasteiger partial charge < -0.3 is 5.11 Å². The van der Waals surface area contributed by atoms with Gasteiger partial charge in [0.05, 0.1) is 15.9 Å². The molecule has 1 N–H and O–H groups in total. The molecular formula is C13H13BrN2O2. The first-order valence-corrected chi connectivity index (χ1v) is 6.30. The standard InChI is InChI=1S/C13H13BrN2O2/c1-8-11(14)9(2)16(15-8)12(13(17)18)10-6-4-3-5-7-10/h3-7,12H,1-2H3,(H,17,18). The molecule has 0 aliphatic rings. The maximum absolute atomic E-state index is 11.5. The Morgan fingerprint density at radius 2 is 1.94 bits per heavy atom. The number of nitrogens with zero attached hydrogens (tertiary/aromatic N) is 2. The molecule has 5 heteroatoms. The summed E-state index contributed by atoms with van der Waals surface area (Å²) in [5.41, 5.74) is 2.31. The Hall–Kier alpha value is -1.62. The number of hydrogen-bond acceptors (Lipinski definition) is 2. The second-order valence-corrected chi connectivity index (χ2v) is 4.87. The van der Waals surface area contributed by atoms with Crippen molar-refractivity contribution in [2.75, 3.05) is 0 Å². The van der Waals surface area contributed by atoms with E-state index in [2.05, 4.69) is 21.0 Å². The number of carboxylic acids is 1. The average molecular weight is 309 g/mol. The molecule has 2 rings (SSSR count). The fraction of sp³-hybridized carbons (Fsp3) is 0.231. The minimum atomic E-state index is -0.917. The van der Waals surface area contributed by atoms with Gasteiger partial charge in [-0.2, -0.15) is 5.10 Å². The Morgan fingerprint density at radius 3 is 2.39 bits per heavy atom.